The molecule has 0 unspecified atom stereocenters. The molecule has 0 heterocycles. The van der Waals surface area contributed by atoms with Gasteiger partial charge in [0.15, 0.2) is 0 Å². The van der Waals surface area contributed by atoms with Crippen LogP contribution in [0.2, 0.25) is 0 Å². The molecule has 0 atom stereocenters. The zero-order valence-corrected chi connectivity index (χ0v) is 9.97. The van der Waals surface area contributed by atoms with E-state index in [0.29, 0.717) is 0 Å². The van der Waals surface area contributed by atoms with Crippen molar-refractivity contribution in [2.24, 2.45) is 0 Å². The Morgan fingerprint density at radius 1 is 0.700 bits per heavy atom. The summed E-state index contributed by atoms with van der Waals surface area (Å²) in [6.45, 7) is 0. The summed E-state index contributed by atoms with van der Waals surface area (Å²) in [4.78, 5) is 0. The summed E-state index contributed by atoms with van der Waals surface area (Å²) < 4.78 is 137. The molecule has 0 bridgehead atoms. The molecule has 0 fully saturated rings. The summed E-state index contributed by atoms with van der Waals surface area (Å²) in [7, 11) is -16.9. The summed E-state index contributed by atoms with van der Waals surface area (Å²) >= 11 is 0. The Balaban J connectivity index is -0.000000508. The minimum Gasteiger partial charge on any atom is -0.269 e. The van der Waals surface area contributed by atoms with Crippen LogP contribution >= 0.6 is 0 Å². The van der Waals surface area contributed by atoms with Crippen LogP contribution in [0.3, 0.4) is 0 Å². The monoisotopic (exact) mass is 369 g/mol. The Bertz CT molecular complexity index is 432. The lowest BCUT2D eigenvalue weighted by Crippen LogP contribution is -2.45. The Labute approximate surface area is 104 Å². The molecule has 0 aromatic carbocycles. The van der Waals surface area contributed by atoms with Gasteiger partial charge in [0.25, 0.3) is 0 Å². The molecular formula is C2H2BF10NO4S2. The summed E-state index contributed by atoms with van der Waals surface area (Å²) in [5.41, 5.74) is -12.3. The fourth-order valence-corrected chi connectivity index (χ4v) is 2.15. The third-order valence-electron chi connectivity index (χ3n) is 0.829. The van der Waals surface area contributed by atoms with E-state index in [1.54, 1.807) is 0 Å². The van der Waals surface area contributed by atoms with Crippen molar-refractivity contribution >= 4 is 27.6 Å². The molecule has 124 valence electrons. The van der Waals surface area contributed by atoms with Crippen molar-refractivity contribution in [3.05, 3.63) is 0 Å². The van der Waals surface area contributed by atoms with Gasteiger partial charge in [-0.1, -0.05) is 4.13 Å². The first kappa shape index (κ1) is 24.3. The fourth-order valence-electron chi connectivity index (χ4n) is 0.239. The number of hydrogen-bond donors (Lipinski definition) is 1. The summed E-state index contributed by atoms with van der Waals surface area (Å²) in [6, 6.07) is 0. The van der Waals surface area contributed by atoms with Gasteiger partial charge >= 0.3 is 38.6 Å². The molecule has 0 saturated carbocycles. The van der Waals surface area contributed by atoms with Crippen molar-refractivity contribution in [2.75, 3.05) is 0 Å². The average molecular weight is 369 g/mol. The zero-order chi connectivity index (χ0) is 16.3. The van der Waals surface area contributed by atoms with E-state index < -0.39 is 42.7 Å². The van der Waals surface area contributed by atoms with Crippen LogP contribution in [-0.4, -0.2) is 35.4 Å². The number of nitrogens with one attached hydrogen (secondary N) is 1. The zero-order valence-electron chi connectivity index (χ0n) is 8.34. The SMILES string of the molecule is F.FB(F)F.O=S(=O)(NS(=O)(=O)C(F)(F)F)C(F)(F)F. The van der Waals surface area contributed by atoms with Crippen LogP contribution in [0, 0.1) is 0 Å². The van der Waals surface area contributed by atoms with Crippen LogP contribution in [0.5, 0.6) is 0 Å². The van der Waals surface area contributed by atoms with E-state index in [-0.39, 0.29) is 4.70 Å². The highest BCUT2D eigenvalue weighted by Gasteiger charge is 2.55. The molecule has 5 nitrogen and oxygen atoms in total. The highest BCUT2D eigenvalue weighted by Crippen LogP contribution is 2.27. The number of sulfonamides is 2. The number of halogens is 10. The highest BCUT2D eigenvalue weighted by atomic mass is 32.3. The predicted molar refractivity (Wildman–Crippen MR) is 44.7 cm³/mol. The van der Waals surface area contributed by atoms with Gasteiger partial charge in [-0.05, 0) is 0 Å². The largest absolute Gasteiger partial charge is 0.762 e. The quantitative estimate of drug-likeness (QED) is 0.588. The molecule has 0 aliphatic carbocycles. The first-order chi connectivity index (χ1) is 7.94. The molecule has 20 heavy (non-hydrogen) atoms. The van der Waals surface area contributed by atoms with Gasteiger partial charge in [0, 0.05) is 0 Å². The van der Waals surface area contributed by atoms with Crippen LogP contribution in [0.15, 0.2) is 0 Å². The molecular weight excluding hydrogens is 367 g/mol. The topological polar surface area (TPSA) is 80.3 Å². The van der Waals surface area contributed by atoms with Crippen molar-refractivity contribution in [1.82, 2.24) is 4.13 Å². The average Bonchev–Trinajstić information content (AvgIpc) is 1.94. The molecule has 1 N–H and O–H groups in total. The van der Waals surface area contributed by atoms with E-state index in [0.717, 1.165) is 0 Å². The Hall–Kier alpha value is -0.775. The van der Waals surface area contributed by atoms with Crippen LogP contribution < -0.4 is 4.13 Å². The molecule has 0 aliphatic heterocycles. The molecule has 0 aromatic heterocycles. The van der Waals surface area contributed by atoms with Crippen molar-refractivity contribution in [1.29, 1.82) is 0 Å². The number of rotatable bonds is 2. The van der Waals surface area contributed by atoms with Gasteiger partial charge < -0.3 is 0 Å². The summed E-state index contributed by atoms with van der Waals surface area (Å²) in [5, 5.41) is 0. The van der Waals surface area contributed by atoms with E-state index in [9.17, 15) is 56.1 Å². The van der Waals surface area contributed by atoms with Gasteiger partial charge in [-0.3, -0.25) is 17.7 Å². The third kappa shape index (κ3) is 8.41. The second-order valence-electron chi connectivity index (χ2n) is 2.23. The molecule has 0 spiro atoms. The second-order valence-corrected chi connectivity index (χ2v) is 5.84. The minimum atomic E-state index is -6.60. The Kier molecular flexibility index (Phi) is 8.85. The maximum Gasteiger partial charge on any atom is 0.762 e. The first-order valence-electron chi connectivity index (χ1n) is 3.27. The second kappa shape index (κ2) is 7.30. The van der Waals surface area contributed by atoms with Gasteiger partial charge in [-0.25, -0.2) is 16.8 Å². The van der Waals surface area contributed by atoms with E-state index in [1.165, 1.54) is 0 Å². The van der Waals surface area contributed by atoms with Gasteiger partial charge in [-0.2, -0.15) is 26.3 Å². The van der Waals surface area contributed by atoms with Crippen molar-refractivity contribution < 1.29 is 60.8 Å². The van der Waals surface area contributed by atoms with Crippen molar-refractivity contribution in [3.63, 3.8) is 0 Å². The van der Waals surface area contributed by atoms with Gasteiger partial charge in [0.2, 0.25) is 0 Å². The lowest BCUT2D eigenvalue weighted by molar-refractivity contribution is -0.0476. The maximum absolute atomic E-state index is 11.5. The van der Waals surface area contributed by atoms with E-state index >= 15 is 0 Å². The molecule has 0 aliphatic rings. The predicted octanol–water partition coefficient (Wildman–Crippen LogP) is 1.31. The lowest BCUT2D eigenvalue weighted by atomic mass is 10.5. The third-order valence-corrected chi connectivity index (χ3v) is 3.80. The van der Waals surface area contributed by atoms with Crippen molar-refractivity contribution in [3.8, 4) is 0 Å². The van der Waals surface area contributed by atoms with Gasteiger partial charge in [0.1, 0.15) is 0 Å². The fraction of sp³-hybridized carbons (Fsp3) is 1.00. The minimum absolute atomic E-state index is 0. The standard InChI is InChI=1S/C2HF6NO4S2.BF3.FH/c3-1(4,5)14(10,11)9-15(12,13)2(6,7)8;2-1(3)4;/h9H;;1H. The Morgan fingerprint density at radius 3 is 0.950 bits per heavy atom. The molecule has 18 heteroatoms. The lowest BCUT2D eigenvalue weighted by Gasteiger charge is -2.11. The van der Waals surface area contributed by atoms with E-state index in [1.807, 2.05) is 0 Å². The number of alkyl halides is 6. The first-order valence-corrected chi connectivity index (χ1v) is 6.24. The van der Waals surface area contributed by atoms with Crippen molar-refractivity contribution in [2.45, 2.75) is 11.0 Å². The van der Waals surface area contributed by atoms with Crippen LogP contribution in [0.1, 0.15) is 0 Å². The smallest absolute Gasteiger partial charge is 0.269 e. The normalized spacial score (nSPS) is 12.8. The molecule has 0 saturated heterocycles. The van der Waals surface area contributed by atoms with Crippen LogP contribution in [0.4, 0.5) is 44.0 Å². The molecule has 0 aromatic rings. The number of hydrogen-bond acceptors (Lipinski definition) is 4. The summed E-state index contributed by atoms with van der Waals surface area (Å²) in [6.07, 6.45) is 0. The van der Waals surface area contributed by atoms with Crippen LogP contribution in [0.25, 0.3) is 0 Å². The molecule has 0 radical (unpaired) electrons. The summed E-state index contributed by atoms with van der Waals surface area (Å²) in [5.74, 6) is 0. The van der Waals surface area contributed by atoms with E-state index in [4.69, 9.17) is 0 Å². The molecule has 0 amide bonds. The highest BCUT2D eigenvalue weighted by molar-refractivity contribution is 8.05. The van der Waals surface area contributed by atoms with Gasteiger partial charge in [0.05, 0.1) is 0 Å². The van der Waals surface area contributed by atoms with E-state index in [2.05, 4.69) is 0 Å². The van der Waals surface area contributed by atoms with Crippen LogP contribution in [-0.2, 0) is 20.0 Å². The van der Waals surface area contributed by atoms with Gasteiger partial charge in [-0.15, -0.1) is 0 Å². The Morgan fingerprint density at radius 2 is 0.850 bits per heavy atom. The maximum atomic E-state index is 11.5. The molecule has 0 rings (SSSR count).